The molecule has 1 N–H and O–H groups in total. The number of thiazole rings is 1. The largest absolute Gasteiger partial charge is 0.481 e. The lowest BCUT2D eigenvalue weighted by Crippen LogP contribution is -2.30. The molecule has 0 aliphatic carbocycles. The molecule has 6 heteroatoms. The Morgan fingerprint density at radius 2 is 2.10 bits per heavy atom. The number of carbonyl (C=O) groups excluding carboxylic acids is 1. The first-order chi connectivity index (χ1) is 9.86. The van der Waals surface area contributed by atoms with E-state index in [4.69, 9.17) is 16.3 Å². The molecule has 0 aliphatic rings. The lowest BCUT2D eigenvalue weighted by molar-refractivity contribution is -0.122. The first kappa shape index (κ1) is 15.8. The zero-order valence-electron chi connectivity index (χ0n) is 12.4. The van der Waals surface area contributed by atoms with E-state index in [1.54, 1.807) is 25.1 Å². The summed E-state index contributed by atoms with van der Waals surface area (Å²) in [6.45, 7) is 7.48. The second-order valence-electron chi connectivity index (χ2n) is 4.82. The highest BCUT2D eigenvalue weighted by Crippen LogP contribution is 2.24. The molecule has 0 unspecified atom stereocenters. The Morgan fingerprint density at radius 3 is 2.67 bits per heavy atom. The fourth-order valence-corrected chi connectivity index (χ4v) is 2.77. The summed E-state index contributed by atoms with van der Waals surface area (Å²) in [5, 5.41) is 4.01. The molecule has 21 heavy (non-hydrogen) atoms. The van der Waals surface area contributed by atoms with Gasteiger partial charge in [0.15, 0.2) is 11.2 Å². The van der Waals surface area contributed by atoms with Gasteiger partial charge < -0.3 is 4.74 Å². The molecule has 0 aliphatic heterocycles. The maximum Gasteiger partial charge on any atom is 0.266 e. The fraction of sp³-hybridized carbons (Fsp3) is 0.333. The fourth-order valence-electron chi connectivity index (χ4n) is 1.72. The topological polar surface area (TPSA) is 51.2 Å². The van der Waals surface area contributed by atoms with Crippen LogP contribution < -0.4 is 10.1 Å². The summed E-state index contributed by atoms with van der Waals surface area (Å²) in [5.74, 6) is 0.423. The Kier molecular flexibility index (Phi) is 4.85. The molecule has 112 valence electrons. The maximum absolute atomic E-state index is 12.1. The van der Waals surface area contributed by atoms with Gasteiger partial charge in [0.05, 0.1) is 5.69 Å². The van der Waals surface area contributed by atoms with Crippen molar-refractivity contribution in [1.82, 2.24) is 4.98 Å². The predicted octanol–water partition coefficient (Wildman–Crippen LogP) is 4.13. The van der Waals surface area contributed by atoms with Crippen molar-refractivity contribution in [3.8, 4) is 5.75 Å². The molecule has 0 radical (unpaired) electrons. The number of carbonyl (C=O) groups is 1. The number of ether oxygens (including phenoxy) is 1. The van der Waals surface area contributed by atoms with Crippen molar-refractivity contribution in [1.29, 1.82) is 0 Å². The number of aryl methyl sites for hydroxylation is 3. The Bertz CT molecular complexity index is 650. The highest BCUT2D eigenvalue weighted by molar-refractivity contribution is 7.15. The number of halogens is 1. The predicted molar refractivity (Wildman–Crippen MR) is 86.5 cm³/mol. The second kappa shape index (κ2) is 6.45. The SMILES string of the molecule is Cc1cc(Cl)ccc1O[C@H](C)C(=O)Nc1nc(C)c(C)s1. The van der Waals surface area contributed by atoms with Crippen molar-refractivity contribution in [2.75, 3.05) is 5.32 Å². The van der Waals surface area contributed by atoms with Crippen LogP contribution in [-0.4, -0.2) is 17.0 Å². The number of hydrogen-bond donors (Lipinski definition) is 1. The van der Waals surface area contributed by atoms with Gasteiger partial charge in [-0.15, -0.1) is 11.3 Å². The van der Waals surface area contributed by atoms with E-state index in [1.807, 2.05) is 20.8 Å². The van der Waals surface area contributed by atoms with E-state index in [9.17, 15) is 4.79 Å². The van der Waals surface area contributed by atoms with Crippen molar-refractivity contribution in [2.45, 2.75) is 33.8 Å². The van der Waals surface area contributed by atoms with E-state index in [1.165, 1.54) is 11.3 Å². The van der Waals surface area contributed by atoms with Gasteiger partial charge in [0.25, 0.3) is 5.91 Å². The van der Waals surface area contributed by atoms with Crippen molar-refractivity contribution in [3.63, 3.8) is 0 Å². The van der Waals surface area contributed by atoms with Gasteiger partial charge in [0, 0.05) is 9.90 Å². The van der Waals surface area contributed by atoms with Gasteiger partial charge >= 0.3 is 0 Å². The van der Waals surface area contributed by atoms with E-state index >= 15 is 0 Å². The number of rotatable bonds is 4. The Hall–Kier alpha value is -1.59. The van der Waals surface area contributed by atoms with E-state index in [0.29, 0.717) is 15.9 Å². The van der Waals surface area contributed by atoms with E-state index < -0.39 is 6.10 Å². The summed E-state index contributed by atoms with van der Waals surface area (Å²) >= 11 is 7.35. The first-order valence-electron chi connectivity index (χ1n) is 6.54. The lowest BCUT2D eigenvalue weighted by Gasteiger charge is -2.15. The molecule has 2 rings (SSSR count). The van der Waals surface area contributed by atoms with Crippen molar-refractivity contribution in [3.05, 3.63) is 39.4 Å². The van der Waals surface area contributed by atoms with E-state index in [-0.39, 0.29) is 5.91 Å². The molecule has 2 aromatic rings. The Balaban J connectivity index is 2.02. The standard InChI is InChI=1S/C15H17ClN2O2S/c1-8-7-12(16)5-6-13(8)20-10(3)14(19)18-15-17-9(2)11(4)21-15/h5-7,10H,1-4H3,(H,17,18,19)/t10-/m1/s1. The van der Waals surface area contributed by atoms with Crippen LogP contribution in [-0.2, 0) is 4.79 Å². The molecule has 0 spiro atoms. The minimum atomic E-state index is -0.616. The molecule has 1 amide bonds. The Morgan fingerprint density at radius 1 is 1.38 bits per heavy atom. The van der Waals surface area contributed by atoms with Crippen molar-refractivity contribution >= 4 is 34.0 Å². The van der Waals surface area contributed by atoms with Crippen molar-refractivity contribution in [2.24, 2.45) is 0 Å². The third-order valence-corrected chi connectivity index (χ3v) is 4.29. The maximum atomic E-state index is 12.1. The summed E-state index contributed by atoms with van der Waals surface area (Å²) < 4.78 is 5.68. The minimum absolute atomic E-state index is 0.224. The summed E-state index contributed by atoms with van der Waals surface area (Å²) in [7, 11) is 0. The summed E-state index contributed by atoms with van der Waals surface area (Å²) in [6.07, 6.45) is -0.616. The summed E-state index contributed by atoms with van der Waals surface area (Å²) in [4.78, 5) is 17.5. The van der Waals surface area contributed by atoms with Gasteiger partial charge in [-0.25, -0.2) is 4.98 Å². The van der Waals surface area contributed by atoms with Crippen LogP contribution in [0.4, 0.5) is 5.13 Å². The molecule has 1 atom stereocenters. The van der Waals surface area contributed by atoms with Crippen molar-refractivity contribution < 1.29 is 9.53 Å². The molecule has 1 heterocycles. The number of aromatic nitrogens is 1. The third kappa shape index (κ3) is 3.95. The smallest absolute Gasteiger partial charge is 0.266 e. The van der Waals surface area contributed by atoms with Gasteiger partial charge in [0.2, 0.25) is 0 Å². The van der Waals surface area contributed by atoms with Crippen LogP contribution in [0.1, 0.15) is 23.1 Å². The average molecular weight is 325 g/mol. The molecule has 0 fully saturated rings. The number of anilines is 1. The number of hydrogen-bond acceptors (Lipinski definition) is 4. The molecule has 1 aromatic carbocycles. The quantitative estimate of drug-likeness (QED) is 0.920. The van der Waals surface area contributed by atoms with Gasteiger partial charge in [-0.2, -0.15) is 0 Å². The number of nitrogens with zero attached hydrogens (tertiary/aromatic N) is 1. The lowest BCUT2D eigenvalue weighted by atomic mass is 10.2. The number of benzene rings is 1. The Labute approximate surface area is 133 Å². The normalized spacial score (nSPS) is 12.0. The van der Waals surface area contributed by atoms with Gasteiger partial charge in [-0.1, -0.05) is 11.6 Å². The van der Waals surface area contributed by atoms with Crippen LogP contribution in [0.15, 0.2) is 18.2 Å². The molecule has 0 saturated carbocycles. The summed E-state index contributed by atoms with van der Waals surface area (Å²) in [5.41, 5.74) is 1.82. The van der Waals surface area contributed by atoms with E-state index in [2.05, 4.69) is 10.3 Å². The van der Waals surface area contributed by atoms with Gasteiger partial charge in [-0.3, -0.25) is 10.1 Å². The van der Waals surface area contributed by atoms with Crippen LogP contribution >= 0.6 is 22.9 Å². The zero-order valence-corrected chi connectivity index (χ0v) is 13.9. The molecular formula is C15H17ClN2O2S. The highest BCUT2D eigenvalue weighted by Gasteiger charge is 2.17. The van der Waals surface area contributed by atoms with Gasteiger partial charge in [-0.05, 0) is 51.5 Å². The van der Waals surface area contributed by atoms with Crippen LogP contribution in [0.3, 0.4) is 0 Å². The number of amides is 1. The molecule has 0 bridgehead atoms. The molecule has 0 saturated heterocycles. The van der Waals surface area contributed by atoms with E-state index in [0.717, 1.165) is 16.1 Å². The van der Waals surface area contributed by atoms with Gasteiger partial charge in [0.1, 0.15) is 5.75 Å². The third-order valence-electron chi connectivity index (χ3n) is 3.07. The van der Waals surface area contributed by atoms with Crippen LogP contribution in [0.5, 0.6) is 5.75 Å². The highest BCUT2D eigenvalue weighted by atomic mass is 35.5. The average Bonchev–Trinajstić information content (AvgIpc) is 2.71. The molecule has 4 nitrogen and oxygen atoms in total. The first-order valence-corrected chi connectivity index (χ1v) is 7.74. The number of nitrogens with one attached hydrogen (secondary N) is 1. The molecule has 1 aromatic heterocycles. The molecular weight excluding hydrogens is 308 g/mol. The van der Waals surface area contributed by atoms with Crippen LogP contribution in [0.2, 0.25) is 5.02 Å². The summed E-state index contributed by atoms with van der Waals surface area (Å²) in [6, 6.07) is 5.30. The second-order valence-corrected chi connectivity index (χ2v) is 6.46. The van der Waals surface area contributed by atoms with Crippen LogP contribution in [0, 0.1) is 20.8 Å². The minimum Gasteiger partial charge on any atom is -0.481 e. The zero-order chi connectivity index (χ0) is 15.6. The van der Waals surface area contributed by atoms with Crippen LogP contribution in [0.25, 0.3) is 0 Å². The monoisotopic (exact) mass is 324 g/mol.